The van der Waals surface area contributed by atoms with E-state index in [1.54, 1.807) is 18.2 Å². The molecule has 40 heavy (non-hydrogen) atoms. The summed E-state index contributed by atoms with van der Waals surface area (Å²) in [6.45, 7) is 4.01. The van der Waals surface area contributed by atoms with Crippen molar-refractivity contribution in [2.24, 2.45) is 5.10 Å². The van der Waals surface area contributed by atoms with E-state index in [-0.39, 0.29) is 12.5 Å². The van der Waals surface area contributed by atoms with E-state index < -0.39 is 11.9 Å². The zero-order valence-electron chi connectivity index (χ0n) is 23.7. The van der Waals surface area contributed by atoms with E-state index in [2.05, 4.69) is 22.8 Å². The smallest absolute Gasteiger partial charge is 0.343 e. The molecule has 0 unspecified atom stereocenters. The van der Waals surface area contributed by atoms with E-state index in [0.717, 1.165) is 35.6 Å². The van der Waals surface area contributed by atoms with Crippen LogP contribution in [-0.2, 0) is 9.59 Å². The molecule has 0 aliphatic rings. The van der Waals surface area contributed by atoms with Gasteiger partial charge in [-0.15, -0.1) is 0 Å². The van der Waals surface area contributed by atoms with Crippen molar-refractivity contribution in [3.05, 3.63) is 77.4 Å². The normalized spacial score (nSPS) is 11.1. The third-order valence-electron chi connectivity index (χ3n) is 6.76. The Morgan fingerprint density at radius 3 is 2.20 bits per heavy atom. The summed E-state index contributed by atoms with van der Waals surface area (Å²) in [5, 5.41) is 8.49. The molecule has 0 bridgehead atoms. The number of hydrogen-bond donors (Lipinski definition) is 2. The number of carbonyl (C=O) groups is 3. The second-order valence-corrected chi connectivity index (χ2v) is 10.1. The van der Waals surface area contributed by atoms with Crippen LogP contribution in [0.1, 0.15) is 92.6 Å². The van der Waals surface area contributed by atoms with Crippen LogP contribution in [-0.4, -0.2) is 30.5 Å². The fourth-order valence-electron chi connectivity index (χ4n) is 4.42. The van der Waals surface area contributed by atoms with E-state index in [0.29, 0.717) is 23.3 Å². The molecule has 3 aromatic carbocycles. The maximum absolute atomic E-state index is 12.7. The number of nitrogens with zero attached hydrogens (tertiary/aromatic N) is 1. The number of aryl methyl sites for hydroxylation is 1. The quantitative estimate of drug-likeness (QED) is 0.0678. The largest absolute Gasteiger partial charge is 0.422 e. The van der Waals surface area contributed by atoms with Crippen molar-refractivity contribution in [1.29, 1.82) is 0 Å². The number of benzene rings is 3. The Balaban J connectivity index is 1.48. The van der Waals surface area contributed by atoms with Gasteiger partial charge in [0.1, 0.15) is 5.75 Å². The first kappa shape index (κ1) is 30.5. The van der Waals surface area contributed by atoms with Crippen LogP contribution in [0.4, 0.5) is 0 Å². The van der Waals surface area contributed by atoms with Gasteiger partial charge in [0.15, 0.2) is 0 Å². The van der Waals surface area contributed by atoms with Gasteiger partial charge in [0, 0.05) is 12.0 Å². The highest BCUT2D eigenvalue weighted by molar-refractivity contribution is 6.04. The van der Waals surface area contributed by atoms with Crippen LogP contribution in [0.2, 0.25) is 0 Å². The molecule has 0 heterocycles. The number of esters is 1. The summed E-state index contributed by atoms with van der Waals surface area (Å²) in [6.07, 6.45) is 12.5. The molecule has 0 radical (unpaired) electrons. The molecule has 7 nitrogen and oxygen atoms in total. The van der Waals surface area contributed by atoms with Crippen molar-refractivity contribution in [3.63, 3.8) is 0 Å². The van der Waals surface area contributed by atoms with Gasteiger partial charge in [-0.05, 0) is 42.3 Å². The molecule has 0 aromatic heterocycles. The molecule has 3 rings (SSSR count). The van der Waals surface area contributed by atoms with Crippen molar-refractivity contribution < 1.29 is 19.1 Å². The highest BCUT2D eigenvalue weighted by Crippen LogP contribution is 2.27. The number of hydrogen-bond acceptors (Lipinski definition) is 5. The second-order valence-electron chi connectivity index (χ2n) is 10.1. The number of ether oxygens (including phenoxy) is 1. The van der Waals surface area contributed by atoms with Gasteiger partial charge in [0.25, 0.3) is 5.91 Å². The van der Waals surface area contributed by atoms with Gasteiger partial charge in [0.05, 0.1) is 18.3 Å². The van der Waals surface area contributed by atoms with E-state index in [4.69, 9.17) is 4.74 Å². The summed E-state index contributed by atoms with van der Waals surface area (Å²) in [6, 6.07) is 18.4. The van der Waals surface area contributed by atoms with Crippen molar-refractivity contribution in [2.75, 3.05) is 6.54 Å². The van der Waals surface area contributed by atoms with Crippen molar-refractivity contribution in [1.82, 2.24) is 10.7 Å². The summed E-state index contributed by atoms with van der Waals surface area (Å²) in [5.74, 6) is -0.725. The predicted molar refractivity (Wildman–Crippen MR) is 161 cm³/mol. The van der Waals surface area contributed by atoms with Crippen LogP contribution < -0.4 is 15.5 Å². The monoisotopic (exact) mass is 543 g/mol. The maximum atomic E-state index is 12.7. The molecule has 0 aliphatic carbocycles. The lowest BCUT2D eigenvalue weighted by Gasteiger charge is -2.11. The SMILES string of the molecule is CCCCCCCCCCCC(=O)NCC(=O)N/N=C\c1c(OC(=O)c2ccc(C)cc2)ccc2ccccc12. The van der Waals surface area contributed by atoms with E-state index in [1.165, 1.54) is 44.7 Å². The minimum Gasteiger partial charge on any atom is -0.422 e. The highest BCUT2D eigenvalue weighted by Gasteiger charge is 2.14. The molecule has 0 fully saturated rings. The van der Waals surface area contributed by atoms with Gasteiger partial charge >= 0.3 is 5.97 Å². The maximum Gasteiger partial charge on any atom is 0.343 e. The Morgan fingerprint density at radius 1 is 0.800 bits per heavy atom. The summed E-state index contributed by atoms with van der Waals surface area (Å²) in [4.78, 5) is 37.1. The number of amides is 2. The Morgan fingerprint density at radius 2 is 1.48 bits per heavy atom. The van der Waals surface area contributed by atoms with E-state index >= 15 is 0 Å². The summed E-state index contributed by atoms with van der Waals surface area (Å²) >= 11 is 0. The first-order valence-electron chi connectivity index (χ1n) is 14.4. The van der Waals surface area contributed by atoms with Crippen LogP contribution in [0.25, 0.3) is 10.8 Å². The zero-order chi connectivity index (χ0) is 28.6. The first-order chi connectivity index (χ1) is 19.5. The fourth-order valence-corrected chi connectivity index (χ4v) is 4.42. The van der Waals surface area contributed by atoms with E-state index in [9.17, 15) is 14.4 Å². The lowest BCUT2D eigenvalue weighted by Crippen LogP contribution is -2.34. The van der Waals surface area contributed by atoms with E-state index in [1.807, 2.05) is 49.4 Å². The Labute approximate surface area is 237 Å². The molecule has 0 saturated carbocycles. The molecular weight excluding hydrogens is 502 g/mol. The van der Waals surface area contributed by atoms with Crippen LogP contribution in [0.15, 0.2) is 65.8 Å². The minimum atomic E-state index is -0.483. The van der Waals surface area contributed by atoms with Crippen LogP contribution in [0.3, 0.4) is 0 Å². The fraction of sp³-hybridized carbons (Fsp3) is 0.394. The zero-order valence-corrected chi connectivity index (χ0v) is 23.7. The van der Waals surface area contributed by atoms with Gasteiger partial charge in [0.2, 0.25) is 5.91 Å². The molecule has 2 N–H and O–H groups in total. The Hall–Kier alpha value is -4.00. The lowest BCUT2D eigenvalue weighted by molar-refractivity contribution is -0.126. The molecule has 0 saturated heterocycles. The third-order valence-corrected chi connectivity index (χ3v) is 6.76. The standard InChI is InChI=1S/C33H41N3O4/c1-3-4-5-6-7-8-9-10-11-16-31(37)34-24-32(38)36-35-23-29-28-15-13-12-14-26(28)21-22-30(29)40-33(39)27-19-17-25(2)18-20-27/h12-15,17-23H,3-11,16,24H2,1-2H3,(H,34,37)(H,36,38)/b35-23-. The Kier molecular flexibility index (Phi) is 12.9. The molecule has 0 spiro atoms. The molecule has 3 aromatic rings. The average molecular weight is 544 g/mol. The number of rotatable bonds is 16. The molecule has 0 atom stereocenters. The summed E-state index contributed by atoms with van der Waals surface area (Å²) in [5.41, 5.74) is 4.50. The molecular formula is C33H41N3O4. The van der Waals surface area contributed by atoms with Crippen molar-refractivity contribution in [2.45, 2.75) is 78.1 Å². The topological polar surface area (TPSA) is 96.9 Å². The van der Waals surface area contributed by atoms with Gasteiger partial charge in [-0.25, -0.2) is 10.2 Å². The van der Waals surface area contributed by atoms with Crippen LogP contribution in [0, 0.1) is 6.92 Å². The van der Waals surface area contributed by atoms with Gasteiger partial charge in [-0.3, -0.25) is 9.59 Å². The molecule has 212 valence electrons. The summed E-state index contributed by atoms with van der Waals surface area (Å²) in [7, 11) is 0. The van der Waals surface area contributed by atoms with Crippen LogP contribution in [0.5, 0.6) is 5.75 Å². The Bertz CT molecular complexity index is 1280. The number of nitrogens with one attached hydrogen (secondary N) is 2. The predicted octanol–water partition coefficient (Wildman–Crippen LogP) is 6.85. The number of fused-ring (bicyclic) bond motifs is 1. The molecule has 2 amide bonds. The lowest BCUT2D eigenvalue weighted by atomic mass is 10.0. The first-order valence-corrected chi connectivity index (χ1v) is 14.4. The second kappa shape index (κ2) is 16.9. The average Bonchev–Trinajstić information content (AvgIpc) is 2.96. The van der Waals surface area contributed by atoms with Gasteiger partial charge < -0.3 is 10.1 Å². The van der Waals surface area contributed by atoms with Crippen molar-refractivity contribution in [3.8, 4) is 5.75 Å². The minimum absolute atomic E-state index is 0.138. The number of unbranched alkanes of at least 4 members (excludes halogenated alkanes) is 8. The van der Waals surface area contributed by atoms with Gasteiger partial charge in [-0.1, -0.05) is 106 Å². The summed E-state index contributed by atoms with van der Waals surface area (Å²) < 4.78 is 5.70. The number of hydrazone groups is 1. The third kappa shape index (κ3) is 10.3. The highest BCUT2D eigenvalue weighted by atomic mass is 16.5. The van der Waals surface area contributed by atoms with Crippen molar-refractivity contribution >= 4 is 34.8 Å². The molecule has 7 heteroatoms. The van der Waals surface area contributed by atoms with Crippen LogP contribution >= 0.6 is 0 Å². The molecule has 0 aliphatic heterocycles. The number of carbonyl (C=O) groups excluding carboxylic acids is 3. The van der Waals surface area contributed by atoms with Gasteiger partial charge in [-0.2, -0.15) is 5.10 Å².